The van der Waals surface area contributed by atoms with Crippen molar-refractivity contribution in [1.82, 2.24) is 0 Å². The third-order valence-corrected chi connectivity index (χ3v) is 7.76. The third kappa shape index (κ3) is 41.2. The van der Waals surface area contributed by atoms with E-state index in [9.17, 15) is 19.2 Å². The summed E-state index contributed by atoms with van der Waals surface area (Å²) in [7, 11) is 0. The van der Waals surface area contributed by atoms with Gasteiger partial charge in [-0.15, -0.1) is 0 Å². The Balaban J connectivity index is -0.000000219. The molecule has 0 aliphatic carbocycles. The molecular weight excluding hydrogens is 862 g/mol. The van der Waals surface area contributed by atoms with E-state index in [1.807, 2.05) is 48.5 Å². The summed E-state index contributed by atoms with van der Waals surface area (Å²) >= 11 is 3.33. The Kier molecular flexibility index (Phi) is 48.6. The predicted octanol–water partition coefficient (Wildman–Crippen LogP) is 2.17. The summed E-state index contributed by atoms with van der Waals surface area (Å²) in [6.45, 7) is 18.2. The number of allylic oxidation sites excluding steroid dienone is 1. The van der Waals surface area contributed by atoms with Gasteiger partial charge in [-0.3, -0.25) is 4.79 Å². The number of carbonyl (C=O) groups is 4. The molecule has 0 fully saturated rings. The maximum absolute atomic E-state index is 11.1. The van der Waals surface area contributed by atoms with E-state index < -0.39 is 17.9 Å². The number of unbranched alkanes of at least 4 members (excludes halogenated alkanes) is 1. The van der Waals surface area contributed by atoms with E-state index in [1.54, 1.807) is 38.1 Å². The minimum absolute atomic E-state index is 0. The quantitative estimate of drug-likeness (QED) is 0.0534. The molecule has 4 aromatic rings. The first kappa shape index (κ1) is 67.5. The van der Waals surface area contributed by atoms with Crippen molar-refractivity contribution in [3.8, 4) is 0 Å². The second kappa shape index (κ2) is 45.4. The molecule has 12 nitrogen and oxygen atoms in total. The van der Waals surface area contributed by atoms with Gasteiger partial charge in [-0.1, -0.05) is 78.8 Å². The van der Waals surface area contributed by atoms with Crippen LogP contribution in [-0.2, 0) is 49.6 Å². The first-order chi connectivity index (χ1) is 29.0. The average Bonchev–Trinajstić information content (AvgIpc) is 3.24. The Labute approximate surface area is 405 Å². The number of aromatic carboxylic acids is 2. The van der Waals surface area contributed by atoms with Crippen molar-refractivity contribution in [2.45, 2.75) is 66.2 Å². The van der Waals surface area contributed by atoms with Gasteiger partial charge in [0.15, 0.2) is 5.78 Å². The van der Waals surface area contributed by atoms with Gasteiger partial charge in [0.05, 0.1) is 17.7 Å². The van der Waals surface area contributed by atoms with Crippen molar-refractivity contribution >= 4 is 45.8 Å². The number of esters is 1. The first-order valence-corrected chi connectivity index (χ1v) is 19.7. The normalized spacial score (nSPS) is 8.71. The number of hydrogen-bond acceptors (Lipinski definition) is 10. The van der Waals surface area contributed by atoms with Gasteiger partial charge in [0.1, 0.15) is 0 Å². The summed E-state index contributed by atoms with van der Waals surface area (Å²) in [4.78, 5) is 58.4. The summed E-state index contributed by atoms with van der Waals surface area (Å²) in [6, 6.07) is 31.4. The number of aliphatic hydroxyl groups is 3. The maximum atomic E-state index is 11.1. The van der Waals surface area contributed by atoms with Crippen LogP contribution in [0.2, 0.25) is 0 Å². The number of rotatable bonds is 14. The van der Waals surface area contributed by atoms with Gasteiger partial charge in [0.25, 0.3) is 0 Å². The molecule has 0 spiro atoms. The molecule has 332 valence electrons. The molecule has 0 saturated heterocycles. The topological polar surface area (TPSA) is 213 Å². The fraction of sp³-hybridized carbons (Fsp3) is 0.292. The molecule has 15 heteroatoms. The molecule has 0 radical (unpaired) electrons. The fourth-order valence-electron chi connectivity index (χ4n) is 3.64. The Morgan fingerprint density at radius 3 is 1.21 bits per heavy atom. The minimum atomic E-state index is -0.953. The second-order valence-corrected chi connectivity index (χ2v) is 13.3. The number of halogens is 1. The van der Waals surface area contributed by atoms with Gasteiger partial charge in [-0.25, -0.2) is 14.4 Å². The Morgan fingerprint density at radius 1 is 0.635 bits per heavy atom. The fourth-order valence-corrected chi connectivity index (χ4v) is 3.90. The van der Waals surface area contributed by atoms with Gasteiger partial charge >= 0.3 is 61.8 Å². The number of ether oxygens (including phenoxy) is 1. The zero-order valence-electron chi connectivity index (χ0n) is 37.4. The van der Waals surface area contributed by atoms with Crippen LogP contribution in [0.1, 0.15) is 83.5 Å². The van der Waals surface area contributed by atoms with Crippen LogP contribution in [-0.4, -0.2) is 81.8 Å². The van der Waals surface area contributed by atoms with Gasteiger partial charge in [0.2, 0.25) is 0 Å². The number of carboxylic acid groups (broad SMARTS) is 2. The SMILES string of the molecule is C=C(C)C(=O)OCCc1ccc(C(=O)O)cc1.C=C(C)C(C)=O.O=C(O)c1ccc(CCO)cc1.O=C=O.OCCc1cc[c-]cc1.OCCc1ccc(Br)cc1.[CH2-]CCC.[Li+].[Li+]. The second-order valence-electron chi connectivity index (χ2n) is 12.4. The first-order valence-electron chi connectivity index (χ1n) is 18.9. The average molecular weight is 922 g/mol. The van der Waals surface area contributed by atoms with E-state index in [0.717, 1.165) is 40.4 Å². The monoisotopic (exact) mass is 920 g/mol. The number of aliphatic hydroxyl groups excluding tert-OH is 3. The van der Waals surface area contributed by atoms with Crippen molar-refractivity contribution in [2.75, 3.05) is 26.4 Å². The third-order valence-electron chi connectivity index (χ3n) is 7.23. The van der Waals surface area contributed by atoms with Crippen LogP contribution < -0.4 is 37.7 Å². The van der Waals surface area contributed by atoms with Gasteiger partial charge < -0.3 is 37.2 Å². The molecular formula is C48H59BrLi2O12. The van der Waals surface area contributed by atoms with Crippen molar-refractivity contribution in [2.24, 2.45) is 0 Å². The summed E-state index contributed by atoms with van der Waals surface area (Å²) in [6.07, 6.45) is 5.14. The van der Waals surface area contributed by atoms with Crippen LogP contribution >= 0.6 is 15.9 Å². The van der Waals surface area contributed by atoms with Crippen LogP contribution in [0.3, 0.4) is 0 Å². The van der Waals surface area contributed by atoms with Gasteiger partial charge in [-0.2, -0.15) is 51.9 Å². The number of ketones is 1. The predicted molar refractivity (Wildman–Crippen MR) is 239 cm³/mol. The number of carbonyl (C=O) groups excluding carboxylic acids is 4. The van der Waals surface area contributed by atoms with Crippen LogP contribution in [0.5, 0.6) is 0 Å². The smallest absolute Gasteiger partial charge is 0.478 e. The number of Topliss-reactive ketones (excluding diaryl/α,β-unsaturated/α-hetero) is 1. The molecule has 4 rings (SSSR count). The summed E-state index contributed by atoms with van der Waals surface area (Å²) in [5, 5.41) is 42.9. The molecule has 0 aliphatic heterocycles. The van der Waals surface area contributed by atoms with Crippen LogP contribution in [0.25, 0.3) is 0 Å². The van der Waals surface area contributed by atoms with E-state index in [2.05, 4.69) is 49.0 Å². The molecule has 0 heterocycles. The van der Waals surface area contributed by atoms with Crippen LogP contribution in [0.15, 0.2) is 126 Å². The van der Waals surface area contributed by atoms with E-state index in [4.69, 9.17) is 39.9 Å². The Morgan fingerprint density at radius 2 is 0.937 bits per heavy atom. The van der Waals surface area contributed by atoms with E-state index in [-0.39, 0.29) is 87.2 Å². The molecule has 4 aromatic carbocycles. The van der Waals surface area contributed by atoms with Crippen molar-refractivity contribution in [3.63, 3.8) is 0 Å². The number of benzene rings is 4. The summed E-state index contributed by atoms with van der Waals surface area (Å²) < 4.78 is 6.01. The number of carboxylic acids is 2. The zero-order valence-corrected chi connectivity index (χ0v) is 39.0. The Bertz CT molecular complexity index is 1830. The van der Waals surface area contributed by atoms with Crippen molar-refractivity contribution in [1.29, 1.82) is 0 Å². The molecule has 5 N–H and O–H groups in total. The van der Waals surface area contributed by atoms with E-state index in [0.29, 0.717) is 24.0 Å². The minimum Gasteiger partial charge on any atom is -0.478 e. The molecule has 0 aromatic heterocycles. The van der Waals surface area contributed by atoms with Gasteiger partial charge in [-0.05, 0) is 98.7 Å². The molecule has 0 aliphatic rings. The van der Waals surface area contributed by atoms with Crippen molar-refractivity contribution in [3.05, 3.63) is 172 Å². The summed E-state index contributed by atoms with van der Waals surface area (Å²) in [5.41, 5.74) is 5.71. The van der Waals surface area contributed by atoms with E-state index in [1.165, 1.54) is 43.2 Å². The molecule has 0 saturated carbocycles. The van der Waals surface area contributed by atoms with E-state index >= 15 is 0 Å². The standard InChI is InChI=1S/C13H14O4.C9H10O3.C8H9BrO.C8H9O.C5H8O.C4H9.CO2.2Li/c1-9(2)13(16)17-8-7-10-3-5-11(6-4-10)12(14)15;10-6-5-7-1-3-8(4-2-7)9(11)12;9-8-3-1-7(2-4-8)5-6-10;9-7-6-8-4-2-1-3-5-8;1-4(2)5(3)6;1-3-4-2;2-1-3;;/h3-6H,1,7-8H2,2H3,(H,14,15);1-4,10H,5-6H2,(H,11,12);1-4,10H,5-6H2;2-5,9H,6-7H2;1H2,2-3H3;1,3-4H2,2H3;;;/q;;;-1;;-1;;2*+1. The molecule has 0 atom stereocenters. The maximum Gasteiger partial charge on any atom is 1.00 e. The zero-order chi connectivity index (χ0) is 47.0. The number of hydrogen-bond donors (Lipinski definition) is 5. The van der Waals surface area contributed by atoms with Crippen LogP contribution in [0.4, 0.5) is 0 Å². The van der Waals surface area contributed by atoms with Gasteiger partial charge in [0, 0.05) is 36.3 Å². The molecule has 0 bridgehead atoms. The molecule has 63 heavy (non-hydrogen) atoms. The molecule has 0 unspecified atom stereocenters. The summed E-state index contributed by atoms with van der Waals surface area (Å²) in [5.74, 6) is -2.22. The molecule has 0 amide bonds. The van der Waals surface area contributed by atoms with Crippen molar-refractivity contribution < 1.29 is 96.8 Å². The van der Waals surface area contributed by atoms with Crippen LogP contribution in [0, 0.1) is 13.0 Å². The largest absolute Gasteiger partial charge is 1.00 e. The Hall–Kier alpha value is -4.63.